The molecule has 0 aliphatic carbocycles. The highest BCUT2D eigenvalue weighted by atomic mass is 32.2. The van der Waals surface area contributed by atoms with Crippen molar-refractivity contribution < 1.29 is 8.42 Å². The molecule has 2 rings (SSSR count). The van der Waals surface area contributed by atoms with Crippen LogP contribution in [0.4, 0.5) is 0 Å². The quantitative estimate of drug-likeness (QED) is 0.886. The zero-order valence-electron chi connectivity index (χ0n) is 12.6. The minimum Gasteiger partial charge on any atom is -0.334 e. The van der Waals surface area contributed by atoms with E-state index in [1.165, 1.54) is 6.26 Å². The molecule has 2 aromatic rings. The molecule has 0 aliphatic heterocycles. The zero-order chi connectivity index (χ0) is 15.5. The van der Waals surface area contributed by atoms with Gasteiger partial charge in [-0.1, -0.05) is 19.1 Å². The lowest BCUT2D eigenvalue weighted by Gasteiger charge is -2.19. The van der Waals surface area contributed by atoms with Gasteiger partial charge in [-0.3, -0.25) is 0 Å². The largest absolute Gasteiger partial charge is 0.334 e. The molecular formula is C15H21N3O2S. The van der Waals surface area contributed by atoms with Gasteiger partial charge in [0.05, 0.1) is 10.9 Å². The molecule has 1 unspecified atom stereocenters. The second-order valence-electron chi connectivity index (χ2n) is 4.91. The summed E-state index contributed by atoms with van der Waals surface area (Å²) in [4.78, 5) is 4.76. The van der Waals surface area contributed by atoms with E-state index in [1.54, 1.807) is 24.4 Å². The van der Waals surface area contributed by atoms with E-state index in [9.17, 15) is 8.42 Å². The molecule has 1 N–H and O–H groups in total. The maximum absolute atomic E-state index is 11.7. The Morgan fingerprint density at radius 2 is 2.10 bits per heavy atom. The number of rotatable bonds is 6. The molecule has 0 aliphatic rings. The highest BCUT2D eigenvalue weighted by Gasteiger charge is 2.19. The van der Waals surface area contributed by atoms with Gasteiger partial charge < -0.3 is 9.88 Å². The molecule has 1 heterocycles. The Hall–Kier alpha value is -1.66. The van der Waals surface area contributed by atoms with Gasteiger partial charge in [-0.15, -0.1) is 0 Å². The number of aromatic nitrogens is 2. The normalized spacial score (nSPS) is 13.3. The van der Waals surface area contributed by atoms with Crippen molar-refractivity contribution in [3.05, 3.63) is 48.0 Å². The van der Waals surface area contributed by atoms with Crippen molar-refractivity contribution in [3.63, 3.8) is 0 Å². The third-order valence-electron chi connectivity index (χ3n) is 3.37. The Labute approximate surface area is 125 Å². The van der Waals surface area contributed by atoms with Crippen LogP contribution in [0, 0.1) is 0 Å². The summed E-state index contributed by atoms with van der Waals surface area (Å²) in [6, 6.07) is 6.92. The minimum absolute atomic E-state index is 0.119. The molecule has 1 aromatic carbocycles. The molecule has 0 saturated carbocycles. The van der Waals surface area contributed by atoms with Crippen molar-refractivity contribution in [2.75, 3.05) is 12.8 Å². The van der Waals surface area contributed by atoms with E-state index in [4.69, 9.17) is 0 Å². The van der Waals surface area contributed by atoms with Crippen LogP contribution in [-0.4, -0.2) is 30.8 Å². The Kier molecular flexibility index (Phi) is 4.80. The summed E-state index contributed by atoms with van der Waals surface area (Å²) in [5.41, 5.74) is 0.903. The molecule has 114 valence electrons. The van der Waals surface area contributed by atoms with E-state index in [2.05, 4.69) is 21.8 Å². The van der Waals surface area contributed by atoms with E-state index >= 15 is 0 Å². The third-order valence-corrected chi connectivity index (χ3v) is 4.48. The lowest BCUT2D eigenvalue weighted by atomic mass is 10.1. The van der Waals surface area contributed by atoms with E-state index in [0.717, 1.165) is 24.5 Å². The van der Waals surface area contributed by atoms with Crippen molar-refractivity contribution in [1.82, 2.24) is 14.9 Å². The summed E-state index contributed by atoms with van der Waals surface area (Å²) in [5, 5.41) is 3.38. The number of nitrogens with zero attached hydrogens (tertiary/aromatic N) is 2. The Morgan fingerprint density at radius 1 is 1.33 bits per heavy atom. The van der Waals surface area contributed by atoms with Gasteiger partial charge in [-0.25, -0.2) is 13.4 Å². The Bertz CT molecular complexity index is 707. The van der Waals surface area contributed by atoms with E-state index in [1.807, 2.05) is 19.2 Å². The number of imidazole rings is 1. The fourth-order valence-corrected chi connectivity index (χ4v) is 3.01. The van der Waals surface area contributed by atoms with Crippen molar-refractivity contribution in [2.24, 2.45) is 0 Å². The van der Waals surface area contributed by atoms with Crippen LogP contribution >= 0.6 is 0 Å². The van der Waals surface area contributed by atoms with Crippen LogP contribution < -0.4 is 5.32 Å². The van der Waals surface area contributed by atoms with Gasteiger partial charge in [0.15, 0.2) is 9.84 Å². The van der Waals surface area contributed by atoms with Crippen molar-refractivity contribution in [3.8, 4) is 0 Å². The summed E-state index contributed by atoms with van der Waals surface area (Å²) < 4.78 is 25.5. The van der Waals surface area contributed by atoms with Gasteiger partial charge in [0.1, 0.15) is 5.82 Å². The van der Waals surface area contributed by atoms with Gasteiger partial charge in [0.25, 0.3) is 0 Å². The lowest BCUT2D eigenvalue weighted by molar-refractivity contribution is 0.557. The average molecular weight is 307 g/mol. The summed E-state index contributed by atoms with van der Waals surface area (Å²) in [6.07, 6.45) is 4.92. The summed E-state index contributed by atoms with van der Waals surface area (Å²) in [6.45, 7) is 5.67. The standard InChI is InChI=1S/C15H21N3O2S/c1-4-16-14(15-17-9-10-18(15)5-2)12-7-6-8-13(11-12)21(3,19)20/h6-11,14,16H,4-5H2,1-3H3. The van der Waals surface area contributed by atoms with Gasteiger partial charge in [-0.05, 0) is 31.2 Å². The fraction of sp³-hybridized carbons (Fsp3) is 0.400. The van der Waals surface area contributed by atoms with E-state index < -0.39 is 9.84 Å². The lowest BCUT2D eigenvalue weighted by Crippen LogP contribution is -2.25. The summed E-state index contributed by atoms with van der Waals surface area (Å²) in [7, 11) is -3.21. The molecule has 5 nitrogen and oxygen atoms in total. The molecule has 0 spiro atoms. The number of aryl methyl sites for hydroxylation is 1. The van der Waals surface area contributed by atoms with Crippen molar-refractivity contribution >= 4 is 9.84 Å². The van der Waals surface area contributed by atoms with Crippen LogP contribution in [0.2, 0.25) is 0 Å². The van der Waals surface area contributed by atoms with Crippen LogP contribution in [0.5, 0.6) is 0 Å². The Balaban J connectivity index is 2.49. The second kappa shape index (κ2) is 6.41. The molecule has 0 bridgehead atoms. The third kappa shape index (κ3) is 3.51. The molecular weight excluding hydrogens is 286 g/mol. The SMILES string of the molecule is CCNC(c1cccc(S(C)(=O)=O)c1)c1nccn1CC. The van der Waals surface area contributed by atoms with Crippen LogP contribution in [0.3, 0.4) is 0 Å². The number of hydrogen-bond acceptors (Lipinski definition) is 4. The highest BCUT2D eigenvalue weighted by molar-refractivity contribution is 7.90. The second-order valence-corrected chi connectivity index (χ2v) is 6.92. The fourth-order valence-electron chi connectivity index (χ4n) is 2.34. The summed E-state index contributed by atoms with van der Waals surface area (Å²) in [5.74, 6) is 0.894. The predicted octanol–water partition coefficient (Wildman–Crippen LogP) is 2.01. The van der Waals surface area contributed by atoms with Crippen LogP contribution in [0.15, 0.2) is 41.6 Å². The number of nitrogens with one attached hydrogen (secondary N) is 1. The zero-order valence-corrected chi connectivity index (χ0v) is 13.4. The highest BCUT2D eigenvalue weighted by Crippen LogP contribution is 2.23. The first-order valence-electron chi connectivity index (χ1n) is 7.01. The predicted molar refractivity (Wildman–Crippen MR) is 83.0 cm³/mol. The smallest absolute Gasteiger partial charge is 0.175 e. The Morgan fingerprint density at radius 3 is 2.71 bits per heavy atom. The van der Waals surface area contributed by atoms with E-state index in [-0.39, 0.29) is 6.04 Å². The van der Waals surface area contributed by atoms with Crippen LogP contribution in [0.25, 0.3) is 0 Å². The number of sulfone groups is 1. The number of hydrogen-bond donors (Lipinski definition) is 1. The first-order valence-corrected chi connectivity index (χ1v) is 8.91. The maximum Gasteiger partial charge on any atom is 0.175 e. The molecule has 1 aromatic heterocycles. The molecule has 0 fully saturated rings. The maximum atomic E-state index is 11.7. The minimum atomic E-state index is -3.21. The molecule has 1 atom stereocenters. The molecule has 0 radical (unpaired) electrons. The van der Waals surface area contributed by atoms with Gasteiger partial charge >= 0.3 is 0 Å². The number of benzene rings is 1. The first-order chi connectivity index (χ1) is 9.97. The van der Waals surface area contributed by atoms with Gasteiger partial charge in [-0.2, -0.15) is 0 Å². The van der Waals surface area contributed by atoms with E-state index in [0.29, 0.717) is 4.90 Å². The van der Waals surface area contributed by atoms with Crippen molar-refractivity contribution in [1.29, 1.82) is 0 Å². The monoisotopic (exact) mass is 307 g/mol. The topological polar surface area (TPSA) is 64.0 Å². The molecule has 0 saturated heterocycles. The van der Waals surface area contributed by atoms with Gasteiger partial charge in [0.2, 0.25) is 0 Å². The van der Waals surface area contributed by atoms with Gasteiger partial charge in [0, 0.05) is 25.2 Å². The van der Waals surface area contributed by atoms with Crippen molar-refractivity contribution in [2.45, 2.75) is 31.3 Å². The average Bonchev–Trinajstić information content (AvgIpc) is 2.92. The van der Waals surface area contributed by atoms with Crippen LogP contribution in [-0.2, 0) is 16.4 Å². The molecule has 0 amide bonds. The first kappa shape index (κ1) is 15.7. The molecule has 6 heteroatoms. The molecule has 21 heavy (non-hydrogen) atoms. The summed E-state index contributed by atoms with van der Waals surface area (Å²) >= 11 is 0. The van der Waals surface area contributed by atoms with Crippen LogP contribution in [0.1, 0.15) is 31.3 Å².